The Morgan fingerprint density at radius 2 is 1.94 bits per heavy atom. The lowest BCUT2D eigenvalue weighted by Crippen LogP contribution is -2.41. The van der Waals surface area contributed by atoms with E-state index in [2.05, 4.69) is 6.07 Å². The van der Waals surface area contributed by atoms with E-state index in [1.807, 2.05) is 6.07 Å². The number of nitrogens with zero attached hydrogens (tertiary/aromatic N) is 4. The van der Waals surface area contributed by atoms with Gasteiger partial charge in [-0.25, -0.2) is 0 Å². The number of benzene rings is 2. The smallest absolute Gasteiger partial charge is 0.366 e. The highest BCUT2D eigenvalue weighted by molar-refractivity contribution is 5.79. The Morgan fingerprint density at radius 1 is 1.25 bits per heavy atom. The minimum absolute atomic E-state index is 0.0751. The maximum absolute atomic E-state index is 12.9. The van der Waals surface area contributed by atoms with Gasteiger partial charge in [-0.3, -0.25) is 14.9 Å². The molecule has 168 valence electrons. The van der Waals surface area contributed by atoms with Crippen molar-refractivity contribution in [2.45, 2.75) is 25.6 Å². The number of nitro groups is 1. The number of alkyl halides is 3. The summed E-state index contributed by atoms with van der Waals surface area (Å²) in [5, 5.41) is 20.4. The summed E-state index contributed by atoms with van der Waals surface area (Å²) in [5.74, 6) is -0.363. The van der Waals surface area contributed by atoms with E-state index in [0.29, 0.717) is 44.1 Å². The van der Waals surface area contributed by atoms with E-state index in [-0.39, 0.29) is 17.5 Å². The van der Waals surface area contributed by atoms with Crippen molar-refractivity contribution in [2.24, 2.45) is 5.92 Å². The Morgan fingerprint density at radius 3 is 2.53 bits per heavy atom. The quantitative estimate of drug-likeness (QED) is 0.503. The molecule has 0 N–H and O–H groups in total. The third-order valence-corrected chi connectivity index (χ3v) is 5.54. The van der Waals surface area contributed by atoms with Crippen molar-refractivity contribution in [1.82, 2.24) is 4.90 Å². The van der Waals surface area contributed by atoms with Crippen LogP contribution in [0.3, 0.4) is 0 Å². The van der Waals surface area contributed by atoms with Gasteiger partial charge in [0.05, 0.1) is 22.1 Å². The van der Waals surface area contributed by atoms with Crippen molar-refractivity contribution in [3.63, 3.8) is 0 Å². The number of rotatable bonds is 5. The topological polar surface area (TPSA) is 90.5 Å². The number of piperidine rings is 1. The lowest BCUT2D eigenvalue weighted by Gasteiger charge is -2.34. The summed E-state index contributed by atoms with van der Waals surface area (Å²) in [7, 11) is 1.68. The predicted octanol–water partition coefficient (Wildman–Crippen LogP) is 4.36. The summed E-state index contributed by atoms with van der Waals surface area (Å²) in [4.78, 5) is 26.6. The summed E-state index contributed by atoms with van der Waals surface area (Å²) < 4.78 is 38.8. The third kappa shape index (κ3) is 5.17. The molecule has 7 nitrogen and oxygen atoms in total. The van der Waals surface area contributed by atoms with E-state index in [1.165, 1.54) is 0 Å². The van der Waals surface area contributed by atoms with Gasteiger partial charge in [-0.2, -0.15) is 18.4 Å². The molecule has 1 fully saturated rings. The molecule has 10 heteroatoms. The van der Waals surface area contributed by atoms with Crippen LogP contribution in [0.4, 0.5) is 24.5 Å². The summed E-state index contributed by atoms with van der Waals surface area (Å²) >= 11 is 0. The van der Waals surface area contributed by atoms with Crippen molar-refractivity contribution < 1.29 is 22.9 Å². The van der Waals surface area contributed by atoms with E-state index in [1.54, 1.807) is 35.0 Å². The minimum atomic E-state index is -4.67. The average molecular weight is 446 g/mol. The second kappa shape index (κ2) is 9.26. The highest BCUT2D eigenvalue weighted by atomic mass is 19.4. The van der Waals surface area contributed by atoms with Crippen LogP contribution in [0.5, 0.6) is 0 Å². The standard InChI is InChI=1S/C22H21F3N4O3/c1-27(14-16-4-2-3-15(11-16)13-26)21(30)17-7-9-28(10-8-17)19-6-5-18(22(23,24)25)12-20(19)29(31)32/h2-6,11-12,17H,7-10,14H2,1H3. The average Bonchev–Trinajstić information content (AvgIpc) is 2.77. The lowest BCUT2D eigenvalue weighted by atomic mass is 9.94. The van der Waals surface area contributed by atoms with Gasteiger partial charge in [0, 0.05) is 38.7 Å². The van der Waals surface area contributed by atoms with Crippen LogP contribution in [-0.4, -0.2) is 35.9 Å². The van der Waals surface area contributed by atoms with Gasteiger partial charge >= 0.3 is 6.18 Å². The van der Waals surface area contributed by atoms with Crippen molar-refractivity contribution in [1.29, 1.82) is 5.26 Å². The zero-order chi connectivity index (χ0) is 23.5. The van der Waals surface area contributed by atoms with Gasteiger partial charge in [0.2, 0.25) is 5.91 Å². The molecule has 0 bridgehead atoms. The molecule has 1 saturated heterocycles. The Balaban J connectivity index is 1.66. The number of hydrogen-bond acceptors (Lipinski definition) is 5. The SMILES string of the molecule is CN(Cc1cccc(C#N)c1)C(=O)C1CCN(c2ccc(C(F)(F)F)cc2[N+](=O)[O-])CC1. The molecule has 0 saturated carbocycles. The summed E-state index contributed by atoms with van der Waals surface area (Å²) in [5.41, 5.74) is -0.206. The number of hydrogen-bond donors (Lipinski definition) is 0. The number of nitriles is 1. The number of anilines is 1. The van der Waals surface area contributed by atoms with E-state index in [4.69, 9.17) is 5.26 Å². The fourth-order valence-corrected chi connectivity index (χ4v) is 3.88. The Labute approximate surface area is 182 Å². The van der Waals surface area contributed by atoms with Crippen LogP contribution in [-0.2, 0) is 17.5 Å². The van der Waals surface area contributed by atoms with Crippen LogP contribution < -0.4 is 4.90 Å². The normalized spacial score (nSPS) is 14.7. The van der Waals surface area contributed by atoms with Crippen LogP contribution in [0.15, 0.2) is 42.5 Å². The molecule has 0 radical (unpaired) electrons. The van der Waals surface area contributed by atoms with Gasteiger partial charge in [-0.05, 0) is 42.7 Å². The Bertz CT molecular complexity index is 1060. The largest absolute Gasteiger partial charge is 0.416 e. The van der Waals surface area contributed by atoms with E-state index in [0.717, 1.165) is 17.7 Å². The van der Waals surface area contributed by atoms with E-state index >= 15 is 0 Å². The van der Waals surface area contributed by atoms with E-state index in [9.17, 15) is 28.1 Å². The molecule has 1 aliphatic rings. The molecule has 1 amide bonds. The van der Waals surface area contributed by atoms with Gasteiger partial charge < -0.3 is 9.80 Å². The molecule has 3 rings (SSSR count). The molecule has 0 spiro atoms. The first-order chi connectivity index (χ1) is 15.1. The van der Waals surface area contributed by atoms with Crippen LogP contribution >= 0.6 is 0 Å². The molecular formula is C22H21F3N4O3. The minimum Gasteiger partial charge on any atom is -0.366 e. The molecule has 1 heterocycles. The zero-order valence-electron chi connectivity index (χ0n) is 17.3. The van der Waals surface area contributed by atoms with Crippen molar-refractivity contribution >= 4 is 17.3 Å². The molecule has 0 aromatic heterocycles. The highest BCUT2D eigenvalue weighted by Crippen LogP contribution is 2.37. The molecule has 0 unspecified atom stereocenters. The van der Waals surface area contributed by atoms with Crippen molar-refractivity contribution in [3.05, 3.63) is 69.3 Å². The molecule has 2 aromatic rings. The van der Waals surface area contributed by atoms with Crippen LogP contribution in [0.1, 0.15) is 29.5 Å². The first kappa shape index (κ1) is 23.1. The van der Waals surface area contributed by atoms with Gasteiger partial charge in [0.15, 0.2) is 0 Å². The molecule has 0 atom stereocenters. The monoisotopic (exact) mass is 446 g/mol. The first-order valence-corrected chi connectivity index (χ1v) is 9.94. The molecule has 2 aromatic carbocycles. The Hall–Kier alpha value is -3.61. The molecule has 32 heavy (non-hydrogen) atoms. The maximum Gasteiger partial charge on any atom is 0.416 e. The molecular weight excluding hydrogens is 425 g/mol. The highest BCUT2D eigenvalue weighted by Gasteiger charge is 2.35. The van der Waals surface area contributed by atoms with Gasteiger partial charge in [0.1, 0.15) is 5.69 Å². The fourth-order valence-electron chi connectivity index (χ4n) is 3.88. The number of halogens is 3. The summed E-state index contributed by atoms with van der Waals surface area (Å²) in [6, 6.07) is 11.6. The fraction of sp³-hybridized carbons (Fsp3) is 0.364. The zero-order valence-corrected chi connectivity index (χ0v) is 17.3. The number of carbonyl (C=O) groups is 1. The van der Waals surface area contributed by atoms with Crippen LogP contribution in [0, 0.1) is 27.4 Å². The van der Waals surface area contributed by atoms with Crippen LogP contribution in [0.2, 0.25) is 0 Å². The first-order valence-electron chi connectivity index (χ1n) is 9.94. The van der Waals surface area contributed by atoms with Crippen molar-refractivity contribution in [3.8, 4) is 6.07 Å². The molecule has 0 aliphatic carbocycles. The number of nitro benzene ring substituents is 1. The number of carbonyl (C=O) groups excluding carboxylic acids is 1. The second-order valence-corrected chi connectivity index (χ2v) is 7.73. The summed E-state index contributed by atoms with van der Waals surface area (Å²) in [6.45, 7) is 0.986. The van der Waals surface area contributed by atoms with Crippen LogP contribution in [0.25, 0.3) is 0 Å². The molecule has 1 aliphatic heterocycles. The second-order valence-electron chi connectivity index (χ2n) is 7.73. The lowest BCUT2D eigenvalue weighted by molar-refractivity contribution is -0.384. The Kier molecular flexibility index (Phi) is 6.67. The van der Waals surface area contributed by atoms with E-state index < -0.39 is 22.4 Å². The van der Waals surface area contributed by atoms with Gasteiger partial charge in [-0.15, -0.1) is 0 Å². The predicted molar refractivity (Wildman–Crippen MR) is 111 cm³/mol. The maximum atomic E-state index is 12.9. The van der Waals surface area contributed by atoms with Gasteiger partial charge in [-0.1, -0.05) is 12.1 Å². The van der Waals surface area contributed by atoms with Gasteiger partial charge in [0.25, 0.3) is 5.69 Å². The third-order valence-electron chi connectivity index (χ3n) is 5.54. The summed E-state index contributed by atoms with van der Waals surface area (Å²) in [6.07, 6.45) is -3.81. The van der Waals surface area contributed by atoms with Crippen molar-refractivity contribution in [2.75, 3.05) is 25.0 Å². The number of amides is 1.